The van der Waals surface area contributed by atoms with Gasteiger partial charge in [0.1, 0.15) is 0 Å². The molecule has 15 heavy (non-hydrogen) atoms. The molecule has 0 saturated carbocycles. The number of nitrogens with one attached hydrogen (secondary N) is 2. The second kappa shape index (κ2) is 5.01. The summed E-state index contributed by atoms with van der Waals surface area (Å²) in [5.41, 5.74) is 3.29. The van der Waals surface area contributed by atoms with Crippen molar-refractivity contribution >= 4 is 5.91 Å². The molecular weight excluding hydrogens is 188 g/mol. The van der Waals surface area contributed by atoms with Crippen molar-refractivity contribution in [1.82, 2.24) is 10.3 Å². The van der Waals surface area contributed by atoms with Gasteiger partial charge in [-0.1, -0.05) is 6.92 Å². The van der Waals surface area contributed by atoms with Crippen LogP contribution in [0.5, 0.6) is 0 Å². The summed E-state index contributed by atoms with van der Waals surface area (Å²) >= 11 is 0. The van der Waals surface area contributed by atoms with Gasteiger partial charge in [0.05, 0.1) is 6.42 Å². The highest BCUT2D eigenvalue weighted by atomic mass is 16.1. The Morgan fingerprint density at radius 2 is 2.20 bits per heavy atom. The number of aromatic amines is 1. The summed E-state index contributed by atoms with van der Waals surface area (Å²) in [7, 11) is 0. The van der Waals surface area contributed by atoms with Crippen molar-refractivity contribution in [3.63, 3.8) is 0 Å². The van der Waals surface area contributed by atoms with E-state index in [4.69, 9.17) is 0 Å². The lowest BCUT2D eigenvalue weighted by molar-refractivity contribution is -0.121. The first-order valence-electron chi connectivity index (χ1n) is 5.47. The van der Waals surface area contributed by atoms with Crippen molar-refractivity contribution < 1.29 is 4.79 Å². The Hall–Kier alpha value is -1.25. The minimum atomic E-state index is 0.103. The minimum absolute atomic E-state index is 0.103. The smallest absolute Gasteiger partial charge is 0.224 e. The number of aryl methyl sites for hydroxylation is 2. The lowest BCUT2D eigenvalue weighted by atomic mass is 10.1. The normalized spacial score (nSPS) is 12.5. The van der Waals surface area contributed by atoms with Crippen molar-refractivity contribution in [2.45, 2.75) is 46.6 Å². The molecule has 84 valence electrons. The summed E-state index contributed by atoms with van der Waals surface area (Å²) in [4.78, 5) is 14.8. The van der Waals surface area contributed by atoms with Crippen molar-refractivity contribution in [2.24, 2.45) is 0 Å². The van der Waals surface area contributed by atoms with Gasteiger partial charge in [0.2, 0.25) is 5.91 Å². The number of carbonyl (C=O) groups is 1. The molecule has 0 radical (unpaired) electrons. The van der Waals surface area contributed by atoms with E-state index < -0.39 is 0 Å². The quantitative estimate of drug-likeness (QED) is 0.782. The summed E-state index contributed by atoms with van der Waals surface area (Å²) in [5.74, 6) is 0.103. The lowest BCUT2D eigenvalue weighted by Crippen LogP contribution is -2.33. The Balaban J connectivity index is 2.55. The standard InChI is InChI=1S/C12H20N2O/c1-5-8(2)14-12(15)7-11-6-9(3)13-10(11)4/h6,8,13H,5,7H2,1-4H3,(H,14,15). The summed E-state index contributed by atoms with van der Waals surface area (Å²) in [6.07, 6.45) is 1.44. The highest BCUT2D eigenvalue weighted by Gasteiger charge is 2.09. The number of amides is 1. The molecule has 0 aliphatic heterocycles. The monoisotopic (exact) mass is 208 g/mol. The molecule has 0 aromatic carbocycles. The molecule has 1 amide bonds. The van der Waals surface area contributed by atoms with Gasteiger partial charge in [-0.25, -0.2) is 0 Å². The van der Waals surface area contributed by atoms with Crippen LogP contribution in [-0.4, -0.2) is 16.9 Å². The zero-order chi connectivity index (χ0) is 11.4. The van der Waals surface area contributed by atoms with Gasteiger partial charge in [-0.15, -0.1) is 0 Å². The van der Waals surface area contributed by atoms with E-state index in [1.807, 2.05) is 26.8 Å². The van der Waals surface area contributed by atoms with Gasteiger partial charge in [-0.2, -0.15) is 0 Å². The summed E-state index contributed by atoms with van der Waals surface area (Å²) < 4.78 is 0. The maximum atomic E-state index is 11.6. The van der Waals surface area contributed by atoms with E-state index in [0.717, 1.165) is 23.4 Å². The van der Waals surface area contributed by atoms with Crippen LogP contribution in [0.2, 0.25) is 0 Å². The topological polar surface area (TPSA) is 44.9 Å². The molecule has 1 aromatic rings. The van der Waals surface area contributed by atoms with Crippen LogP contribution >= 0.6 is 0 Å². The molecule has 0 aliphatic rings. The van der Waals surface area contributed by atoms with Crippen molar-refractivity contribution in [3.8, 4) is 0 Å². The summed E-state index contributed by atoms with van der Waals surface area (Å²) in [6, 6.07) is 2.30. The molecule has 1 heterocycles. The molecule has 3 heteroatoms. The van der Waals surface area contributed by atoms with Gasteiger partial charge in [-0.05, 0) is 38.8 Å². The van der Waals surface area contributed by atoms with E-state index in [1.165, 1.54) is 0 Å². The third-order valence-electron chi connectivity index (χ3n) is 2.63. The predicted octanol–water partition coefficient (Wildman–Crippen LogP) is 2.09. The van der Waals surface area contributed by atoms with Crippen LogP contribution in [0, 0.1) is 13.8 Å². The molecule has 0 spiro atoms. The van der Waals surface area contributed by atoms with Crippen LogP contribution in [0.4, 0.5) is 0 Å². The first-order chi connectivity index (χ1) is 7.02. The third kappa shape index (κ3) is 3.42. The van der Waals surface area contributed by atoms with E-state index in [1.54, 1.807) is 0 Å². The largest absolute Gasteiger partial charge is 0.362 e. The number of carbonyl (C=O) groups excluding carboxylic acids is 1. The van der Waals surface area contributed by atoms with Gasteiger partial charge in [-0.3, -0.25) is 4.79 Å². The van der Waals surface area contributed by atoms with Crippen LogP contribution in [0.3, 0.4) is 0 Å². The van der Waals surface area contributed by atoms with Crippen molar-refractivity contribution in [2.75, 3.05) is 0 Å². The first-order valence-corrected chi connectivity index (χ1v) is 5.47. The van der Waals surface area contributed by atoms with E-state index >= 15 is 0 Å². The lowest BCUT2D eigenvalue weighted by Gasteiger charge is -2.10. The summed E-state index contributed by atoms with van der Waals surface area (Å²) in [6.45, 7) is 8.09. The zero-order valence-corrected chi connectivity index (χ0v) is 9.98. The predicted molar refractivity (Wildman–Crippen MR) is 61.9 cm³/mol. The number of hydrogen-bond acceptors (Lipinski definition) is 1. The Kier molecular flexibility index (Phi) is 3.95. The Morgan fingerprint density at radius 1 is 1.53 bits per heavy atom. The molecule has 0 aliphatic carbocycles. The van der Waals surface area contributed by atoms with Crippen LogP contribution in [0.25, 0.3) is 0 Å². The summed E-state index contributed by atoms with van der Waals surface area (Å²) in [5, 5.41) is 2.96. The second-order valence-corrected chi connectivity index (χ2v) is 4.16. The van der Waals surface area contributed by atoms with Gasteiger partial charge < -0.3 is 10.3 Å². The molecule has 3 nitrogen and oxygen atoms in total. The fourth-order valence-corrected chi connectivity index (χ4v) is 1.57. The maximum Gasteiger partial charge on any atom is 0.224 e. The average molecular weight is 208 g/mol. The number of rotatable bonds is 4. The highest BCUT2D eigenvalue weighted by molar-refractivity contribution is 5.79. The molecule has 1 atom stereocenters. The zero-order valence-electron chi connectivity index (χ0n) is 9.98. The van der Waals surface area contributed by atoms with Crippen molar-refractivity contribution in [3.05, 3.63) is 23.0 Å². The van der Waals surface area contributed by atoms with Gasteiger partial charge in [0.25, 0.3) is 0 Å². The minimum Gasteiger partial charge on any atom is -0.362 e. The van der Waals surface area contributed by atoms with Crippen LogP contribution in [0.15, 0.2) is 6.07 Å². The van der Waals surface area contributed by atoms with E-state index in [2.05, 4.69) is 17.2 Å². The number of aromatic nitrogens is 1. The van der Waals surface area contributed by atoms with Crippen LogP contribution < -0.4 is 5.32 Å². The van der Waals surface area contributed by atoms with E-state index in [9.17, 15) is 4.79 Å². The fourth-order valence-electron chi connectivity index (χ4n) is 1.57. The molecule has 2 N–H and O–H groups in total. The molecule has 0 saturated heterocycles. The Morgan fingerprint density at radius 3 is 2.67 bits per heavy atom. The van der Waals surface area contributed by atoms with E-state index in [-0.39, 0.29) is 11.9 Å². The Labute approximate surface area is 91.3 Å². The van der Waals surface area contributed by atoms with Crippen molar-refractivity contribution in [1.29, 1.82) is 0 Å². The fraction of sp³-hybridized carbons (Fsp3) is 0.583. The molecule has 1 aromatic heterocycles. The van der Waals surface area contributed by atoms with Crippen LogP contribution in [-0.2, 0) is 11.2 Å². The molecular formula is C12H20N2O. The number of hydrogen-bond donors (Lipinski definition) is 2. The third-order valence-corrected chi connectivity index (χ3v) is 2.63. The average Bonchev–Trinajstić information content (AvgIpc) is 2.44. The molecule has 1 rings (SSSR count). The first kappa shape index (κ1) is 11.8. The Bertz CT molecular complexity index is 341. The SMILES string of the molecule is CCC(C)NC(=O)Cc1cc(C)[nH]c1C. The van der Waals surface area contributed by atoms with Crippen LogP contribution in [0.1, 0.15) is 37.2 Å². The highest BCUT2D eigenvalue weighted by Crippen LogP contribution is 2.09. The van der Waals surface area contributed by atoms with Gasteiger partial charge in [0.15, 0.2) is 0 Å². The maximum absolute atomic E-state index is 11.6. The second-order valence-electron chi connectivity index (χ2n) is 4.16. The van der Waals surface area contributed by atoms with Gasteiger partial charge in [0, 0.05) is 17.4 Å². The van der Waals surface area contributed by atoms with Gasteiger partial charge >= 0.3 is 0 Å². The van der Waals surface area contributed by atoms with E-state index in [0.29, 0.717) is 6.42 Å². The molecule has 0 bridgehead atoms. The molecule has 1 unspecified atom stereocenters. The number of H-pyrrole nitrogens is 1. The molecule has 0 fully saturated rings.